The summed E-state index contributed by atoms with van der Waals surface area (Å²) in [4.78, 5) is 12.1. The predicted octanol–water partition coefficient (Wildman–Crippen LogP) is 3.06. The zero-order valence-electron chi connectivity index (χ0n) is 8.42. The molecule has 72 valence electrons. The van der Waals surface area contributed by atoms with E-state index in [0.717, 1.165) is 24.8 Å². The number of rotatable bonds is 2. The van der Waals surface area contributed by atoms with E-state index in [0.29, 0.717) is 11.2 Å². The lowest BCUT2D eigenvalue weighted by molar-refractivity contribution is -0.154. The highest BCUT2D eigenvalue weighted by atomic mass is 16.1. The van der Waals surface area contributed by atoms with E-state index >= 15 is 0 Å². The molecule has 1 heteroatoms. The van der Waals surface area contributed by atoms with Crippen LogP contribution in [0, 0.1) is 10.8 Å². The monoisotopic (exact) mass is 186 g/mol. The van der Waals surface area contributed by atoms with E-state index in [1.165, 1.54) is 0 Å². The van der Waals surface area contributed by atoms with Crippen molar-refractivity contribution >= 4 is 5.78 Å². The largest absolute Gasteiger partial charge is 0.294 e. The normalized spacial score (nSPS) is 38.4. The smallest absolute Gasteiger partial charge is 0.169 e. The third-order valence-electron chi connectivity index (χ3n) is 3.81. The average Bonchev–Trinajstić information content (AvgIpc) is 2.12. The van der Waals surface area contributed by atoms with Gasteiger partial charge in [0.1, 0.15) is 0 Å². The molecule has 0 spiro atoms. The molecule has 3 aliphatic rings. The van der Waals surface area contributed by atoms with Crippen molar-refractivity contribution in [3.8, 4) is 0 Å². The van der Waals surface area contributed by atoms with E-state index in [9.17, 15) is 4.79 Å². The Morgan fingerprint density at radius 3 is 2.21 bits per heavy atom. The van der Waals surface area contributed by atoms with Crippen LogP contribution in [0.2, 0.25) is 0 Å². The fourth-order valence-corrected chi connectivity index (χ4v) is 3.43. The molecule has 0 unspecified atom stereocenters. The molecular formula is C13H14O. The number of Topliss-reactive ketones (excluding diaryl/α,β-unsaturated/α-hetero) is 1. The molecule has 0 amide bonds. The molecule has 0 aliphatic heterocycles. The van der Waals surface area contributed by atoms with Crippen molar-refractivity contribution in [2.75, 3.05) is 0 Å². The van der Waals surface area contributed by atoms with Gasteiger partial charge in [0.05, 0.1) is 0 Å². The summed E-state index contributed by atoms with van der Waals surface area (Å²) in [6.45, 7) is 2.28. The van der Waals surface area contributed by atoms with Crippen LogP contribution in [0.4, 0.5) is 0 Å². The molecule has 0 radical (unpaired) electrons. The molecule has 0 heterocycles. The minimum absolute atomic E-state index is 0.0517. The summed E-state index contributed by atoms with van der Waals surface area (Å²) < 4.78 is 0. The van der Waals surface area contributed by atoms with Crippen molar-refractivity contribution in [2.45, 2.75) is 26.2 Å². The summed E-state index contributed by atoms with van der Waals surface area (Å²) in [6.07, 6.45) is 3.36. The second kappa shape index (κ2) is 2.28. The molecule has 3 saturated carbocycles. The molecule has 1 aromatic rings. The van der Waals surface area contributed by atoms with Gasteiger partial charge in [-0.1, -0.05) is 37.3 Å². The highest BCUT2D eigenvalue weighted by molar-refractivity contribution is 6.02. The molecule has 0 N–H and O–H groups in total. The van der Waals surface area contributed by atoms with Gasteiger partial charge in [-0.05, 0) is 24.7 Å². The van der Waals surface area contributed by atoms with Crippen LogP contribution in [0.5, 0.6) is 0 Å². The van der Waals surface area contributed by atoms with Crippen molar-refractivity contribution in [1.82, 2.24) is 0 Å². The molecule has 0 saturated heterocycles. The molecular weight excluding hydrogens is 172 g/mol. The van der Waals surface area contributed by atoms with Gasteiger partial charge in [-0.2, -0.15) is 0 Å². The predicted molar refractivity (Wildman–Crippen MR) is 55.2 cm³/mol. The van der Waals surface area contributed by atoms with E-state index in [1.807, 2.05) is 30.3 Å². The number of carbonyl (C=O) groups excluding carboxylic acids is 1. The van der Waals surface area contributed by atoms with Gasteiger partial charge >= 0.3 is 0 Å². The minimum Gasteiger partial charge on any atom is -0.294 e. The van der Waals surface area contributed by atoms with Gasteiger partial charge < -0.3 is 0 Å². The van der Waals surface area contributed by atoms with E-state index in [1.54, 1.807) is 0 Å². The highest BCUT2D eigenvalue weighted by Gasteiger charge is 2.68. The number of hydrogen-bond donors (Lipinski definition) is 0. The van der Waals surface area contributed by atoms with E-state index < -0.39 is 0 Å². The quantitative estimate of drug-likeness (QED) is 0.649. The van der Waals surface area contributed by atoms with Crippen molar-refractivity contribution in [1.29, 1.82) is 0 Å². The van der Waals surface area contributed by atoms with Crippen molar-refractivity contribution in [3.05, 3.63) is 35.9 Å². The van der Waals surface area contributed by atoms with Crippen molar-refractivity contribution < 1.29 is 4.79 Å². The summed E-state index contributed by atoms with van der Waals surface area (Å²) in [5, 5.41) is 0. The van der Waals surface area contributed by atoms with Gasteiger partial charge in [-0.25, -0.2) is 0 Å². The van der Waals surface area contributed by atoms with Gasteiger partial charge in [0.2, 0.25) is 0 Å². The maximum Gasteiger partial charge on any atom is 0.169 e. The Bertz CT molecular complexity index is 371. The Labute approximate surface area is 84.1 Å². The molecule has 1 nitrogen and oxygen atoms in total. The van der Waals surface area contributed by atoms with Gasteiger partial charge in [0, 0.05) is 11.0 Å². The van der Waals surface area contributed by atoms with Crippen LogP contribution in [0.15, 0.2) is 30.3 Å². The minimum atomic E-state index is 0.0517. The second-order valence-corrected chi connectivity index (χ2v) is 5.32. The SMILES string of the molecule is CC12CC(C(=O)c3ccccc3)(C1)C2. The van der Waals surface area contributed by atoms with E-state index in [2.05, 4.69) is 6.92 Å². The number of ketones is 1. The maximum atomic E-state index is 12.1. The van der Waals surface area contributed by atoms with Crippen LogP contribution in [-0.2, 0) is 0 Å². The first-order valence-corrected chi connectivity index (χ1v) is 5.24. The zero-order chi connectivity index (χ0) is 9.81. The molecule has 0 atom stereocenters. The van der Waals surface area contributed by atoms with Crippen molar-refractivity contribution in [2.24, 2.45) is 10.8 Å². The molecule has 4 rings (SSSR count). The molecule has 0 aromatic heterocycles. The summed E-state index contributed by atoms with van der Waals surface area (Å²) in [5.74, 6) is 0.377. The van der Waals surface area contributed by atoms with Gasteiger partial charge in [0.15, 0.2) is 5.78 Å². The van der Waals surface area contributed by atoms with Gasteiger partial charge in [-0.3, -0.25) is 4.79 Å². The summed E-state index contributed by atoms with van der Waals surface area (Å²) in [5.41, 5.74) is 1.47. The molecule has 3 aliphatic carbocycles. The topological polar surface area (TPSA) is 17.1 Å². The van der Waals surface area contributed by atoms with Crippen LogP contribution in [0.3, 0.4) is 0 Å². The van der Waals surface area contributed by atoms with Crippen LogP contribution < -0.4 is 0 Å². The Hall–Kier alpha value is -1.11. The van der Waals surface area contributed by atoms with Gasteiger partial charge in [0.25, 0.3) is 0 Å². The number of hydrogen-bond acceptors (Lipinski definition) is 1. The lowest BCUT2D eigenvalue weighted by Crippen LogP contribution is -2.63. The third kappa shape index (κ3) is 0.875. The Kier molecular flexibility index (Phi) is 1.34. The lowest BCUT2D eigenvalue weighted by atomic mass is 9.34. The Balaban J connectivity index is 1.86. The summed E-state index contributed by atoms with van der Waals surface area (Å²) in [7, 11) is 0. The lowest BCUT2D eigenvalue weighted by Gasteiger charge is -2.68. The van der Waals surface area contributed by atoms with Crippen LogP contribution in [0.1, 0.15) is 36.5 Å². The number of carbonyl (C=O) groups is 1. The van der Waals surface area contributed by atoms with Crippen molar-refractivity contribution in [3.63, 3.8) is 0 Å². The zero-order valence-corrected chi connectivity index (χ0v) is 8.42. The second-order valence-electron chi connectivity index (χ2n) is 5.32. The fraction of sp³-hybridized carbons (Fsp3) is 0.462. The van der Waals surface area contributed by atoms with E-state index in [4.69, 9.17) is 0 Å². The van der Waals surface area contributed by atoms with Gasteiger partial charge in [-0.15, -0.1) is 0 Å². The summed E-state index contributed by atoms with van der Waals surface area (Å²) >= 11 is 0. The molecule has 3 fully saturated rings. The standard InChI is InChI=1S/C13H14O/c1-12-7-13(8-12,9-12)11(14)10-5-3-2-4-6-10/h2-6H,7-9H2,1H3. The third-order valence-corrected chi connectivity index (χ3v) is 3.81. The molecule has 2 bridgehead atoms. The maximum absolute atomic E-state index is 12.1. The molecule has 14 heavy (non-hydrogen) atoms. The highest BCUT2D eigenvalue weighted by Crippen LogP contribution is 2.73. The van der Waals surface area contributed by atoms with Crippen LogP contribution in [-0.4, -0.2) is 5.78 Å². The first-order valence-electron chi connectivity index (χ1n) is 5.24. The number of benzene rings is 1. The average molecular weight is 186 g/mol. The molecule has 1 aromatic carbocycles. The van der Waals surface area contributed by atoms with Crippen LogP contribution in [0.25, 0.3) is 0 Å². The van der Waals surface area contributed by atoms with E-state index in [-0.39, 0.29) is 5.41 Å². The summed E-state index contributed by atoms with van der Waals surface area (Å²) in [6, 6.07) is 9.72. The first-order chi connectivity index (χ1) is 6.64. The fourth-order valence-electron chi connectivity index (χ4n) is 3.43. The Morgan fingerprint density at radius 1 is 1.14 bits per heavy atom. The first kappa shape index (κ1) is 8.22. The van der Waals surface area contributed by atoms with Crippen LogP contribution >= 0.6 is 0 Å². The Morgan fingerprint density at radius 2 is 1.71 bits per heavy atom.